The molecule has 0 N–H and O–H groups in total. The van der Waals surface area contributed by atoms with Crippen molar-refractivity contribution in [2.45, 2.75) is 6.42 Å². The van der Waals surface area contributed by atoms with Gasteiger partial charge in [-0.25, -0.2) is 4.98 Å². The largest absolute Gasteiger partial charge is 0.295 e. The van der Waals surface area contributed by atoms with Gasteiger partial charge >= 0.3 is 0 Å². The topological polar surface area (TPSA) is 17.8 Å². The maximum atomic E-state index is 6.33. The summed E-state index contributed by atoms with van der Waals surface area (Å²) in [5.74, 6) is 1.44. The van der Waals surface area contributed by atoms with Crippen LogP contribution < -0.4 is 0 Å². The number of benzene rings is 2. The highest BCUT2D eigenvalue weighted by Gasteiger charge is 2.14. The predicted octanol–water partition coefficient (Wildman–Crippen LogP) is 5.22. The fourth-order valence-corrected chi connectivity index (χ4v) is 3.00. The van der Waals surface area contributed by atoms with Crippen molar-refractivity contribution in [3.05, 3.63) is 57.8 Å². The minimum absolute atomic E-state index is 0.523. The molecule has 20 heavy (non-hydrogen) atoms. The zero-order valence-electron chi connectivity index (χ0n) is 10.5. The molecular formula is C15H11BrCl2N2. The van der Waals surface area contributed by atoms with Crippen LogP contribution in [0.3, 0.4) is 0 Å². The zero-order chi connectivity index (χ0) is 14.1. The molecule has 0 radical (unpaired) electrons. The molecule has 2 aromatic carbocycles. The van der Waals surface area contributed by atoms with E-state index in [2.05, 4.69) is 25.5 Å². The fourth-order valence-electron chi connectivity index (χ4n) is 2.26. The number of hydrogen-bond acceptors (Lipinski definition) is 1. The molecule has 5 heteroatoms. The minimum Gasteiger partial charge on any atom is -0.295 e. The molecule has 0 spiro atoms. The lowest BCUT2D eigenvalue weighted by Gasteiger charge is -2.10. The fraction of sp³-hybridized carbons (Fsp3) is 0.133. The summed E-state index contributed by atoms with van der Waals surface area (Å²) in [6, 6.07) is 13.8. The molecule has 1 heterocycles. The number of nitrogens with zero attached hydrogens (tertiary/aromatic N) is 2. The molecule has 0 saturated heterocycles. The van der Waals surface area contributed by atoms with Crippen molar-refractivity contribution in [3.8, 4) is 5.69 Å². The average Bonchev–Trinajstić information content (AvgIpc) is 2.77. The van der Waals surface area contributed by atoms with Crippen molar-refractivity contribution in [1.82, 2.24) is 9.55 Å². The van der Waals surface area contributed by atoms with Gasteiger partial charge < -0.3 is 0 Å². The van der Waals surface area contributed by atoms with Crippen molar-refractivity contribution >= 4 is 50.2 Å². The van der Waals surface area contributed by atoms with Gasteiger partial charge in [0.25, 0.3) is 0 Å². The molecule has 0 atom stereocenters. The normalized spacial score (nSPS) is 11.2. The van der Waals surface area contributed by atoms with Gasteiger partial charge in [-0.15, -0.1) is 11.6 Å². The minimum atomic E-state index is 0.523. The van der Waals surface area contributed by atoms with E-state index in [0.29, 0.717) is 17.3 Å². The van der Waals surface area contributed by atoms with Crippen LogP contribution in [0.5, 0.6) is 0 Å². The van der Waals surface area contributed by atoms with Gasteiger partial charge in [-0.2, -0.15) is 0 Å². The summed E-state index contributed by atoms with van der Waals surface area (Å²) in [5.41, 5.74) is 2.89. The standard InChI is InChI=1S/C15H11BrCl2N2/c16-10-5-6-14-12(9-10)19-15(7-8-17)20(14)13-4-2-1-3-11(13)18/h1-6,9H,7-8H2. The summed E-state index contributed by atoms with van der Waals surface area (Å²) in [5, 5.41) is 0.700. The Balaban J connectivity index is 2.32. The Morgan fingerprint density at radius 2 is 1.95 bits per heavy atom. The lowest BCUT2D eigenvalue weighted by Crippen LogP contribution is -2.02. The van der Waals surface area contributed by atoms with Crippen molar-refractivity contribution < 1.29 is 0 Å². The summed E-state index contributed by atoms with van der Waals surface area (Å²) >= 11 is 15.7. The smallest absolute Gasteiger partial charge is 0.115 e. The summed E-state index contributed by atoms with van der Waals surface area (Å²) in [6.07, 6.45) is 0.694. The first-order valence-corrected chi connectivity index (χ1v) is 7.89. The van der Waals surface area contributed by atoms with E-state index in [1.807, 2.05) is 42.5 Å². The molecule has 1 aromatic heterocycles. The number of para-hydroxylation sites is 1. The van der Waals surface area contributed by atoms with Gasteiger partial charge in [-0.05, 0) is 30.3 Å². The van der Waals surface area contributed by atoms with Crippen LogP contribution in [-0.2, 0) is 6.42 Å². The highest BCUT2D eigenvalue weighted by atomic mass is 79.9. The molecule has 0 unspecified atom stereocenters. The van der Waals surface area contributed by atoms with Crippen LogP contribution >= 0.6 is 39.1 Å². The molecule has 3 rings (SSSR count). The van der Waals surface area contributed by atoms with E-state index >= 15 is 0 Å². The van der Waals surface area contributed by atoms with Gasteiger partial charge in [0.1, 0.15) is 5.82 Å². The molecule has 102 valence electrons. The number of fused-ring (bicyclic) bond motifs is 1. The molecule has 0 amide bonds. The third-order valence-corrected chi connectivity index (χ3v) is 4.10. The van der Waals surface area contributed by atoms with E-state index in [4.69, 9.17) is 23.2 Å². The summed E-state index contributed by atoms with van der Waals surface area (Å²) in [4.78, 5) is 4.67. The summed E-state index contributed by atoms with van der Waals surface area (Å²) in [7, 11) is 0. The average molecular weight is 370 g/mol. The Labute approximate surface area is 135 Å². The van der Waals surface area contributed by atoms with Crippen LogP contribution in [0.15, 0.2) is 46.9 Å². The molecule has 0 aliphatic carbocycles. The molecule has 0 bridgehead atoms. The number of aromatic nitrogens is 2. The van der Waals surface area contributed by atoms with Gasteiger partial charge in [0, 0.05) is 16.8 Å². The number of imidazole rings is 1. The first kappa shape index (κ1) is 13.9. The Morgan fingerprint density at radius 3 is 2.70 bits per heavy atom. The first-order chi connectivity index (χ1) is 9.70. The van der Waals surface area contributed by atoms with Crippen LogP contribution in [0, 0.1) is 0 Å². The van der Waals surface area contributed by atoms with E-state index in [1.165, 1.54) is 0 Å². The lowest BCUT2D eigenvalue weighted by molar-refractivity contribution is 0.912. The number of halogens is 3. The molecular weight excluding hydrogens is 359 g/mol. The van der Waals surface area contributed by atoms with Crippen LogP contribution in [-0.4, -0.2) is 15.4 Å². The van der Waals surface area contributed by atoms with E-state index in [-0.39, 0.29) is 0 Å². The molecule has 0 aliphatic rings. The van der Waals surface area contributed by atoms with Gasteiger partial charge in [-0.1, -0.05) is 39.7 Å². The molecule has 3 aromatic rings. The number of aryl methyl sites for hydroxylation is 1. The summed E-state index contributed by atoms with van der Waals surface area (Å²) in [6.45, 7) is 0. The third kappa shape index (κ3) is 2.46. The Kier molecular flexibility index (Phi) is 4.01. The van der Waals surface area contributed by atoms with Crippen LogP contribution in [0.4, 0.5) is 0 Å². The van der Waals surface area contributed by atoms with Crippen molar-refractivity contribution in [2.24, 2.45) is 0 Å². The lowest BCUT2D eigenvalue weighted by atomic mass is 10.2. The third-order valence-electron chi connectivity index (χ3n) is 3.10. The van der Waals surface area contributed by atoms with Crippen molar-refractivity contribution in [3.63, 3.8) is 0 Å². The monoisotopic (exact) mass is 368 g/mol. The van der Waals surface area contributed by atoms with Gasteiger partial charge in [0.05, 0.1) is 21.7 Å². The van der Waals surface area contributed by atoms with Crippen molar-refractivity contribution in [1.29, 1.82) is 0 Å². The van der Waals surface area contributed by atoms with Gasteiger partial charge in [-0.3, -0.25) is 4.57 Å². The zero-order valence-corrected chi connectivity index (χ0v) is 13.6. The Morgan fingerprint density at radius 1 is 1.15 bits per heavy atom. The first-order valence-electron chi connectivity index (χ1n) is 6.18. The molecule has 2 nitrogen and oxygen atoms in total. The van der Waals surface area contributed by atoms with E-state index in [9.17, 15) is 0 Å². The molecule has 0 saturated carbocycles. The van der Waals surface area contributed by atoms with E-state index in [0.717, 1.165) is 27.0 Å². The highest BCUT2D eigenvalue weighted by Crippen LogP contribution is 2.28. The van der Waals surface area contributed by atoms with E-state index in [1.54, 1.807) is 0 Å². The molecule has 0 fully saturated rings. The second-order valence-electron chi connectivity index (χ2n) is 4.39. The van der Waals surface area contributed by atoms with Crippen LogP contribution in [0.25, 0.3) is 16.7 Å². The number of alkyl halides is 1. The summed E-state index contributed by atoms with van der Waals surface area (Å²) < 4.78 is 3.08. The Bertz CT molecular complexity index is 768. The van der Waals surface area contributed by atoms with Crippen molar-refractivity contribution in [2.75, 3.05) is 5.88 Å². The quantitative estimate of drug-likeness (QED) is 0.578. The second-order valence-corrected chi connectivity index (χ2v) is 6.09. The maximum Gasteiger partial charge on any atom is 0.115 e. The van der Waals surface area contributed by atoms with Crippen LogP contribution in [0.1, 0.15) is 5.82 Å². The number of rotatable bonds is 3. The predicted molar refractivity (Wildman–Crippen MR) is 88.2 cm³/mol. The number of hydrogen-bond donors (Lipinski definition) is 0. The SMILES string of the molecule is ClCCc1nc2cc(Br)ccc2n1-c1ccccc1Cl. The van der Waals surface area contributed by atoms with Gasteiger partial charge in [0.2, 0.25) is 0 Å². The maximum absolute atomic E-state index is 6.33. The van der Waals surface area contributed by atoms with Gasteiger partial charge in [0.15, 0.2) is 0 Å². The second kappa shape index (κ2) is 5.76. The van der Waals surface area contributed by atoms with Crippen LogP contribution in [0.2, 0.25) is 5.02 Å². The Hall–Kier alpha value is -1.03. The van der Waals surface area contributed by atoms with E-state index < -0.39 is 0 Å². The highest BCUT2D eigenvalue weighted by molar-refractivity contribution is 9.10. The molecule has 0 aliphatic heterocycles.